The number of hydrogen-bond acceptors (Lipinski definition) is 3. The van der Waals surface area contributed by atoms with Crippen LogP contribution in [-0.4, -0.2) is 17.2 Å². The third-order valence-corrected chi connectivity index (χ3v) is 3.63. The van der Waals surface area contributed by atoms with E-state index in [1.165, 1.54) is 44.9 Å². The van der Waals surface area contributed by atoms with Crippen molar-refractivity contribution in [3.05, 3.63) is 23.9 Å². The second-order valence-corrected chi connectivity index (χ2v) is 5.38. The molecular weight excluding hydrogens is 250 g/mol. The number of aliphatic hydroxyl groups is 1. The first-order chi connectivity index (χ1) is 9.77. The average Bonchev–Trinajstić information content (AvgIpc) is 2.49. The van der Waals surface area contributed by atoms with Gasteiger partial charge < -0.3 is 9.84 Å². The van der Waals surface area contributed by atoms with Gasteiger partial charge in [0, 0.05) is 6.07 Å². The van der Waals surface area contributed by atoms with Gasteiger partial charge in [-0.2, -0.15) is 0 Å². The van der Waals surface area contributed by atoms with Crippen molar-refractivity contribution in [1.29, 1.82) is 0 Å². The molecule has 1 N–H and O–H groups in total. The molecule has 0 saturated carbocycles. The van der Waals surface area contributed by atoms with E-state index in [1.807, 2.05) is 12.1 Å². The average molecular weight is 279 g/mol. The Labute approximate surface area is 123 Å². The second-order valence-electron chi connectivity index (χ2n) is 5.38. The molecular formula is C17H29NO2. The van der Waals surface area contributed by atoms with Crippen LogP contribution in [-0.2, 0) is 0 Å². The summed E-state index contributed by atoms with van der Waals surface area (Å²) in [4.78, 5) is 4.27. The van der Waals surface area contributed by atoms with Gasteiger partial charge in [-0.05, 0) is 12.5 Å². The Hall–Kier alpha value is -1.09. The van der Waals surface area contributed by atoms with Crippen LogP contribution in [0.2, 0.25) is 0 Å². The zero-order chi connectivity index (χ0) is 14.6. The highest BCUT2D eigenvalue weighted by Gasteiger charge is 2.09. The van der Waals surface area contributed by atoms with Crippen LogP contribution in [0.3, 0.4) is 0 Å². The van der Waals surface area contributed by atoms with Crippen LogP contribution < -0.4 is 4.74 Å². The van der Waals surface area contributed by atoms with E-state index in [-0.39, 0.29) is 0 Å². The van der Waals surface area contributed by atoms with Gasteiger partial charge in [0.2, 0.25) is 5.88 Å². The highest BCUT2D eigenvalue weighted by atomic mass is 16.5. The number of ether oxygens (including phenoxy) is 1. The van der Waals surface area contributed by atoms with Crippen molar-refractivity contribution < 1.29 is 9.84 Å². The first-order valence-corrected chi connectivity index (χ1v) is 7.97. The van der Waals surface area contributed by atoms with Gasteiger partial charge in [-0.1, -0.05) is 64.4 Å². The van der Waals surface area contributed by atoms with Crippen molar-refractivity contribution in [2.75, 3.05) is 7.11 Å². The SMILES string of the molecule is CCCCCCCCCCC(O)c1cccc(OC)n1. The Morgan fingerprint density at radius 1 is 1.05 bits per heavy atom. The lowest BCUT2D eigenvalue weighted by molar-refractivity contribution is 0.157. The second kappa shape index (κ2) is 10.7. The molecule has 20 heavy (non-hydrogen) atoms. The zero-order valence-electron chi connectivity index (χ0n) is 13.0. The monoisotopic (exact) mass is 279 g/mol. The fourth-order valence-electron chi connectivity index (χ4n) is 2.35. The minimum Gasteiger partial charge on any atom is -0.481 e. The predicted octanol–water partition coefficient (Wildman–Crippen LogP) is 4.65. The van der Waals surface area contributed by atoms with Crippen molar-refractivity contribution in [2.45, 2.75) is 70.8 Å². The van der Waals surface area contributed by atoms with Gasteiger partial charge in [-0.15, -0.1) is 0 Å². The largest absolute Gasteiger partial charge is 0.481 e. The van der Waals surface area contributed by atoms with Gasteiger partial charge in [-0.3, -0.25) is 0 Å². The number of unbranched alkanes of at least 4 members (excludes halogenated alkanes) is 7. The standard InChI is InChI=1S/C17H29NO2/c1-3-4-5-6-7-8-9-10-13-16(19)15-12-11-14-17(18-15)20-2/h11-12,14,16,19H,3-10,13H2,1-2H3. The van der Waals surface area contributed by atoms with Gasteiger partial charge in [0.05, 0.1) is 18.9 Å². The lowest BCUT2D eigenvalue weighted by Crippen LogP contribution is -2.01. The molecule has 3 nitrogen and oxygen atoms in total. The Kier molecular flexibility index (Phi) is 9.05. The fraction of sp³-hybridized carbons (Fsp3) is 0.706. The number of aliphatic hydroxyl groups excluding tert-OH is 1. The van der Waals surface area contributed by atoms with Crippen molar-refractivity contribution in [1.82, 2.24) is 4.98 Å². The summed E-state index contributed by atoms with van der Waals surface area (Å²) < 4.78 is 5.07. The van der Waals surface area contributed by atoms with E-state index in [0.717, 1.165) is 12.8 Å². The molecule has 0 fully saturated rings. The Balaban J connectivity index is 2.12. The third kappa shape index (κ3) is 6.90. The van der Waals surface area contributed by atoms with E-state index < -0.39 is 6.10 Å². The Bertz CT molecular complexity index is 355. The summed E-state index contributed by atoms with van der Waals surface area (Å²) in [5.41, 5.74) is 0.715. The van der Waals surface area contributed by atoms with Crippen molar-refractivity contribution >= 4 is 0 Å². The molecule has 3 heteroatoms. The first-order valence-electron chi connectivity index (χ1n) is 7.97. The minimum atomic E-state index is -0.467. The molecule has 0 bridgehead atoms. The number of hydrogen-bond donors (Lipinski definition) is 1. The van der Waals surface area contributed by atoms with Crippen molar-refractivity contribution in [3.8, 4) is 5.88 Å². The topological polar surface area (TPSA) is 42.4 Å². The van der Waals surface area contributed by atoms with Crippen LogP contribution in [0, 0.1) is 0 Å². The van der Waals surface area contributed by atoms with Crippen LogP contribution >= 0.6 is 0 Å². The summed E-state index contributed by atoms with van der Waals surface area (Å²) in [7, 11) is 1.59. The van der Waals surface area contributed by atoms with Crippen molar-refractivity contribution in [3.63, 3.8) is 0 Å². The first kappa shape index (κ1) is 17.0. The van der Waals surface area contributed by atoms with Crippen LogP contribution in [0.5, 0.6) is 5.88 Å². The predicted molar refractivity (Wildman–Crippen MR) is 83.0 cm³/mol. The van der Waals surface area contributed by atoms with Gasteiger partial charge in [0.1, 0.15) is 0 Å². The van der Waals surface area contributed by atoms with E-state index in [9.17, 15) is 5.11 Å². The maximum atomic E-state index is 10.1. The number of nitrogens with zero attached hydrogens (tertiary/aromatic N) is 1. The van der Waals surface area contributed by atoms with Crippen LogP contribution in [0.15, 0.2) is 18.2 Å². The zero-order valence-corrected chi connectivity index (χ0v) is 13.0. The van der Waals surface area contributed by atoms with Crippen LogP contribution in [0.4, 0.5) is 0 Å². The molecule has 0 aliphatic rings. The molecule has 1 rings (SSSR count). The van der Waals surface area contributed by atoms with Crippen LogP contribution in [0.1, 0.15) is 76.5 Å². The molecule has 0 amide bonds. The molecule has 0 aliphatic carbocycles. The number of rotatable bonds is 11. The van der Waals surface area contributed by atoms with E-state index in [2.05, 4.69) is 11.9 Å². The quantitative estimate of drug-likeness (QED) is 0.599. The minimum absolute atomic E-state index is 0.467. The molecule has 1 atom stereocenters. The summed E-state index contributed by atoms with van der Waals surface area (Å²) in [6.07, 6.45) is 10.6. The van der Waals surface area contributed by atoms with E-state index in [0.29, 0.717) is 11.6 Å². The van der Waals surface area contributed by atoms with E-state index in [1.54, 1.807) is 13.2 Å². The molecule has 1 heterocycles. The Morgan fingerprint density at radius 3 is 2.35 bits per heavy atom. The van der Waals surface area contributed by atoms with Gasteiger partial charge in [0.15, 0.2) is 0 Å². The summed E-state index contributed by atoms with van der Waals surface area (Å²) in [6, 6.07) is 5.53. The summed E-state index contributed by atoms with van der Waals surface area (Å²) in [5, 5.41) is 10.1. The normalized spacial score (nSPS) is 12.3. The van der Waals surface area contributed by atoms with Gasteiger partial charge in [-0.25, -0.2) is 4.98 Å². The molecule has 0 saturated heterocycles. The molecule has 114 valence electrons. The fourth-order valence-corrected chi connectivity index (χ4v) is 2.35. The third-order valence-electron chi connectivity index (χ3n) is 3.63. The molecule has 1 aromatic heterocycles. The Morgan fingerprint density at radius 2 is 1.70 bits per heavy atom. The summed E-state index contributed by atoms with van der Waals surface area (Å²) >= 11 is 0. The number of pyridine rings is 1. The van der Waals surface area contributed by atoms with E-state index >= 15 is 0 Å². The molecule has 0 spiro atoms. The number of methoxy groups -OCH3 is 1. The maximum absolute atomic E-state index is 10.1. The maximum Gasteiger partial charge on any atom is 0.213 e. The highest BCUT2D eigenvalue weighted by molar-refractivity contribution is 5.17. The lowest BCUT2D eigenvalue weighted by atomic mass is 10.0. The van der Waals surface area contributed by atoms with Gasteiger partial charge in [0.25, 0.3) is 0 Å². The molecule has 0 aromatic carbocycles. The molecule has 1 unspecified atom stereocenters. The molecule has 0 radical (unpaired) electrons. The van der Waals surface area contributed by atoms with Crippen LogP contribution in [0.25, 0.3) is 0 Å². The molecule has 0 aliphatic heterocycles. The smallest absolute Gasteiger partial charge is 0.213 e. The lowest BCUT2D eigenvalue weighted by Gasteiger charge is -2.10. The van der Waals surface area contributed by atoms with Gasteiger partial charge >= 0.3 is 0 Å². The summed E-state index contributed by atoms with van der Waals surface area (Å²) in [6.45, 7) is 2.24. The van der Waals surface area contributed by atoms with Crippen molar-refractivity contribution in [2.24, 2.45) is 0 Å². The summed E-state index contributed by atoms with van der Waals surface area (Å²) in [5.74, 6) is 0.567. The highest BCUT2D eigenvalue weighted by Crippen LogP contribution is 2.20. The molecule has 1 aromatic rings. The number of aromatic nitrogens is 1. The van der Waals surface area contributed by atoms with E-state index in [4.69, 9.17) is 4.74 Å².